The monoisotopic (exact) mass is 696 g/mol. The first-order valence-electron chi connectivity index (χ1n) is 18.7. The normalized spacial score (nSPS) is 11.7. The Morgan fingerprint density at radius 1 is 0.413 bits per heavy atom. The van der Waals surface area contributed by atoms with E-state index >= 15 is 0 Å². The summed E-state index contributed by atoms with van der Waals surface area (Å²) in [6, 6.07) is 4.92. The molecule has 254 valence electrons. The van der Waals surface area contributed by atoms with Crippen LogP contribution in [-0.4, -0.2) is 9.97 Å². The number of thiazole rings is 2. The van der Waals surface area contributed by atoms with Gasteiger partial charge < -0.3 is 0 Å². The Morgan fingerprint density at radius 2 is 0.761 bits per heavy atom. The Labute approximate surface area is 297 Å². The molecule has 0 bridgehead atoms. The van der Waals surface area contributed by atoms with Gasteiger partial charge in [-0.1, -0.05) is 105 Å². The number of aromatic nitrogens is 2. The molecule has 4 rings (SSSR count). The summed E-state index contributed by atoms with van der Waals surface area (Å²) in [5, 5.41) is 2.29. The number of hydrogen-bond donors (Lipinski definition) is 0. The van der Waals surface area contributed by atoms with Gasteiger partial charge in [0.15, 0.2) is 10.0 Å². The van der Waals surface area contributed by atoms with Crippen molar-refractivity contribution in [1.82, 2.24) is 9.97 Å². The molecule has 0 unspecified atom stereocenters. The summed E-state index contributed by atoms with van der Waals surface area (Å²) in [4.78, 5) is 19.6. The Morgan fingerprint density at radius 3 is 1.11 bits per heavy atom. The fourth-order valence-corrected chi connectivity index (χ4v) is 11.1. The van der Waals surface area contributed by atoms with Gasteiger partial charge in [-0.2, -0.15) is 0 Å². The minimum absolute atomic E-state index is 1.08. The number of nitrogens with zero attached hydrogens (tertiary/aromatic N) is 2. The standard InChI is InChI=1S/C40H60N2S4/c1-7-11-15-19-23-31-27-29(5)43-35(31)37-33(25-21-17-13-9-3)41-39(45-37)40-42-34(26-22-18-14-10-4)38(46-40)36-32(28-30(6)44-36)24-20-16-12-8-2/h27-28H,7-26H2,1-6H3. The van der Waals surface area contributed by atoms with Crippen molar-refractivity contribution in [2.75, 3.05) is 0 Å². The smallest absolute Gasteiger partial charge is 0.153 e. The molecule has 4 aromatic rings. The molecular weight excluding hydrogens is 637 g/mol. The van der Waals surface area contributed by atoms with Crippen LogP contribution in [0.2, 0.25) is 0 Å². The van der Waals surface area contributed by atoms with E-state index in [2.05, 4.69) is 53.7 Å². The largest absolute Gasteiger partial charge is 0.238 e. The number of aryl methyl sites for hydroxylation is 6. The van der Waals surface area contributed by atoms with E-state index in [1.165, 1.54) is 156 Å². The second-order valence-electron chi connectivity index (χ2n) is 13.3. The van der Waals surface area contributed by atoms with Gasteiger partial charge in [-0.25, -0.2) is 9.97 Å². The van der Waals surface area contributed by atoms with Gasteiger partial charge in [0.05, 0.1) is 21.1 Å². The highest BCUT2D eigenvalue weighted by atomic mass is 32.1. The highest BCUT2D eigenvalue weighted by Crippen LogP contribution is 2.46. The lowest BCUT2D eigenvalue weighted by Gasteiger charge is -2.05. The molecule has 0 aliphatic carbocycles. The predicted molar refractivity (Wildman–Crippen MR) is 211 cm³/mol. The zero-order valence-corrected chi connectivity index (χ0v) is 33.1. The van der Waals surface area contributed by atoms with Crippen LogP contribution in [0.3, 0.4) is 0 Å². The van der Waals surface area contributed by atoms with Crippen LogP contribution in [-0.2, 0) is 25.7 Å². The summed E-state index contributed by atoms with van der Waals surface area (Å²) < 4.78 is 0. The molecule has 0 aliphatic rings. The van der Waals surface area contributed by atoms with Gasteiger partial charge in [-0.15, -0.1) is 45.3 Å². The van der Waals surface area contributed by atoms with Crippen LogP contribution in [0.5, 0.6) is 0 Å². The van der Waals surface area contributed by atoms with Gasteiger partial charge in [-0.05, 0) is 88.5 Å². The van der Waals surface area contributed by atoms with E-state index in [-0.39, 0.29) is 0 Å². The van der Waals surface area contributed by atoms with Crippen LogP contribution in [0.25, 0.3) is 29.5 Å². The van der Waals surface area contributed by atoms with Gasteiger partial charge >= 0.3 is 0 Å². The molecule has 0 aromatic carbocycles. The van der Waals surface area contributed by atoms with Crippen LogP contribution >= 0.6 is 45.3 Å². The van der Waals surface area contributed by atoms with Crippen LogP contribution in [0.15, 0.2) is 12.1 Å². The van der Waals surface area contributed by atoms with E-state index in [9.17, 15) is 0 Å². The third kappa shape index (κ3) is 10.8. The van der Waals surface area contributed by atoms with Gasteiger partial charge in [0.1, 0.15) is 0 Å². The van der Waals surface area contributed by atoms with Crippen LogP contribution in [0, 0.1) is 13.8 Å². The SMILES string of the molecule is CCCCCCc1cc(C)sc1-c1sc(-c2nc(CCCCCC)c(-c3sc(C)cc3CCCCCC)s2)nc1CCCCCC. The molecule has 0 N–H and O–H groups in total. The van der Waals surface area contributed by atoms with Gasteiger partial charge in [0, 0.05) is 19.5 Å². The maximum atomic E-state index is 5.45. The Balaban J connectivity index is 1.71. The maximum absolute atomic E-state index is 5.45. The molecule has 46 heavy (non-hydrogen) atoms. The van der Waals surface area contributed by atoms with Crippen LogP contribution in [0.1, 0.15) is 163 Å². The number of unbranched alkanes of at least 4 members (excludes halogenated alkanes) is 12. The third-order valence-corrected chi connectivity index (χ3v) is 13.8. The molecule has 0 atom stereocenters. The highest BCUT2D eigenvalue weighted by molar-refractivity contribution is 7.28. The first kappa shape index (κ1) is 37.5. The molecule has 0 spiro atoms. The first-order chi connectivity index (χ1) is 22.5. The van der Waals surface area contributed by atoms with Gasteiger partial charge in [0.25, 0.3) is 0 Å². The molecule has 0 radical (unpaired) electrons. The van der Waals surface area contributed by atoms with Crippen molar-refractivity contribution in [1.29, 1.82) is 0 Å². The molecule has 0 amide bonds. The van der Waals surface area contributed by atoms with Crippen molar-refractivity contribution in [3.63, 3.8) is 0 Å². The topological polar surface area (TPSA) is 25.8 Å². The summed E-state index contributed by atoms with van der Waals surface area (Å²) in [5.74, 6) is 0. The van der Waals surface area contributed by atoms with E-state index in [4.69, 9.17) is 9.97 Å². The van der Waals surface area contributed by atoms with E-state index < -0.39 is 0 Å². The van der Waals surface area contributed by atoms with Crippen LogP contribution in [0.4, 0.5) is 0 Å². The molecular formula is C40H60N2S4. The molecule has 4 heterocycles. The number of thiophene rings is 2. The summed E-state index contributed by atoms with van der Waals surface area (Å²) in [6.45, 7) is 13.8. The minimum Gasteiger partial charge on any atom is -0.238 e. The van der Waals surface area contributed by atoms with E-state index in [0.29, 0.717) is 0 Å². The zero-order chi connectivity index (χ0) is 32.7. The van der Waals surface area contributed by atoms with Gasteiger partial charge in [0.2, 0.25) is 0 Å². The molecule has 4 aromatic heterocycles. The molecule has 0 aliphatic heterocycles. The van der Waals surface area contributed by atoms with Crippen molar-refractivity contribution in [2.45, 2.75) is 170 Å². The lowest BCUT2D eigenvalue weighted by Crippen LogP contribution is -1.92. The molecule has 0 saturated carbocycles. The lowest BCUT2D eigenvalue weighted by molar-refractivity contribution is 0.661. The fraction of sp³-hybridized carbons (Fsp3) is 0.650. The third-order valence-electron chi connectivity index (χ3n) is 8.99. The lowest BCUT2D eigenvalue weighted by atomic mass is 10.0. The highest BCUT2D eigenvalue weighted by Gasteiger charge is 2.24. The van der Waals surface area contributed by atoms with Crippen molar-refractivity contribution >= 4 is 45.3 Å². The fourth-order valence-electron chi connectivity index (χ4n) is 6.39. The second kappa shape index (κ2) is 20.2. The predicted octanol–water partition coefficient (Wildman–Crippen LogP) is 14.8. The zero-order valence-electron chi connectivity index (χ0n) is 29.8. The molecule has 6 heteroatoms. The minimum atomic E-state index is 1.08. The number of hydrogen-bond acceptors (Lipinski definition) is 6. The van der Waals surface area contributed by atoms with Crippen LogP contribution < -0.4 is 0 Å². The van der Waals surface area contributed by atoms with Crippen molar-refractivity contribution in [3.05, 3.63) is 44.4 Å². The molecule has 0 saturated heterocycles. The number of rotatable bonds is 23. The first-order valence-corrected chi connectivity index (χ1v) is 21.9. The Kier molecular flexibility index (Phi) is 16.5. The van der Waals surface area contributed by atoms with Crippen molar-refractivity contribution in [2.24, 2.45) is 0 Å². The average Bonchev–Trinajstić information content (AvgIpc) is 3.83. The average molecular weight is 697 g/mol. The maximum Gasteiger partial charge on any atom is 0.153 e. The molecule has 0 fully saturated rings. The second-order valence-corrected chi connectivity index (χ2v) is 17.8. The van der Waals surface area contributed by atoms with Crippen molar-refractivity contribution in [3.8, 4) is 29.5 Å². The Bertz CT molecular complexity index is 1330. The molecule has 2 nitrogen and oxygen atoms in total. The van der Waals surface area contributed by atoms with Gasteiger partial charge in [-0.3, -0.25) is 0 Å². The quantitative estimate of drug-likeness (QED) is 0.0722. The summed E-state index contributed by atoms with van der Waals surface area (Å²) in [7, 11) is 0. The van der Waals surface area contributed by atoms with E-state index in [1.54, 1.807) is 11.1 Å². The van der Waals surface area contributed by atoms with E-state index in [0.717, 1.165) is 22.9 Å². The summed E-state index contributed by atoms with van der Waals surface area (Å²) >= 11 is 7.84. The summed E-state index contributed by atoms with van der Waals surface area (Å²) in [5.41, 5.74) is 5.72. The Hall–Kier alpha value is -1.34. The van der Waals surface area contributed by atoms with Crippen molar-refractivity contribution < 1.29 is 0 Å². The summed E-state index contributed by atoms with van der Waals surface area (Å²) in [6.07, 6.45) is 25.2. The van der Waals surface area contributed by atoms with E-state index in [1.807, 2.05) is 45.3 Å².